The maximum Gasteiger partial charge on any atom is 0.227 e. The van der Waals surface area contributed by atoms with Crippen molar-refractivity contribution in [2.45, 2.75) is 0 Å². The highest BCUT2D eigenvalue weighted by Gasteiger charge is 2.19. The summed E-state index contributed by atoms with van der Waals surface area (Å²) in [7, 11) is 0. The van der Waals surface area contributed by atoms with E-state index in [2.05, 4.69) is 175 Å². The Kier molecular flexibility index (Phi) is 7.78. The lowest BCUT2D eigenvalue weighted by atomic mass is 9.98. The molecule has 0 bridgehead atoms. The number of anilines is 3. The molecule has 0 amide bonds. The van der Waals surface area contributed by atoms with Crippen LogP contribution in [0.3, 0.4) is 0 Å². The van der Waals surface area contributed by atoms with Crippen LogP contribution in [-0.2, 0) is 0 Å². The number of para-hydroxylation sites is 1. The van der Waals surface area contributed by atoms with E-state index in [1.807, 2.05) is 36.4 Å². The molecule has 0 saturated carbocycles. The second-order valence-corrected chi connectivity index (χ2v) is 14.4. The van der Waals surface area contributed by atoms with E-state index in [-0.39, 0.29) is 0 Å². The van der Waals surface area contributed by atoms with Gasteiger partial charge in [0.1, 0.15) is 16.7 Å². The predicted octanol–water partition coefficient (Wildman–Crippen LogP) is 15.0. The van der Waals surface area contributed by atoms with Gasteiger partial charge in [-0.15, -0.1) is 0 Å². The number of hydrogen-bond donors (Lipinski definition) is 0. The SMILES string of the molecule is c1ccc(-c2ccc(N(c3ccc(-c4ccc5oc6cc7oc(-c8ccccc8)nc7cc6c5c4)cc3)c3ccccc3-c3ccc4ccccc4c3)cc2)cc1. The van der Waals surface area contributed by atoms with Crippen molar-refractivity contribution in [1.29, 1.82) is 0 Å². The van der Waals surface area contributed by atoms with Gasteiger partial charge in [0.2, 0.25) is 5.89 Å². The first kappa shape index (κ1) is 32.7. The Morgan fingerprint density at radius 1 is 0.351 bits per heavy atom. The molecular formula is C53H34N2O2. The third kappa shape index (κ3) is 5.92. The summed E-state index contributed by atoms with van der Waals surface area (Å²) >= 11 is 0. The molecule has 11 aromatic rings. The molecule has 0 spiro atoms. The molecule has 0 saturated heterocycles. The molecule has 4 heteroatoms. The van der Waals surface area contributed by atoms with Crippen LogP contribution in [0.5, 0.6) is 0 Å². The van der Waals surface area contributed by atoms with E-state index in [9.17, 15) is 0 Å². The summed E-state index contributed by atoms with van der Waals surface area (Å²) in [6.45, 7) is 0. The first-order chi connectivity index (χ1) is 28.2. The Morgan fingerprint density at radius 3 is 1.68 bits per heavy atom. The summed E-state index contributed by atoms with van der Waals surface area (Å²) < 4.78 is 12.5. The molecule has 11 rings (SSSR count). The van der Waals surface area contributed by atoms with E-state index in [1.54, 1.807) is 0 Å². The van der Waals surface area contributed by atoms with Crippen LogP contribution in [0.1, 0.15) is 0 Å². The maximum absolute atomic E-state index is 6.33. The summed E-state index contributed by atoms with van der Waals surface area (Å²) in [6, 6.07) is 72.6. The van der Waals surface area contributed by atoms with E-state index < -0.39 is 0 Å². The number of hydrogen-bond acceptors (Lipinski definition) is 4. The third-order valence-electron chi connectivity index (χ3n) is 10.9. The monoisotopic (exact) mass is 730 g/mol. The molecular weight excluding hydrogens is 697 g/mol. The molecule has 2 heterocycles. The van der Waals surface area contributed by atoms with Crippen LogP contribution in [0.2, 0.25) is 0 Å². The van der Waals surface area contributed by atoms with Crippen molar-refractivity contribution in [2.75, 3.05) is 4.90 Å². The Morgan fingerprint density at radius 2 is 0.930 bits per heavy atom. The van der Waals surface area contributed by atoms with Crippen molar-refractivity contribution in [1.82, 2.24) is 4.98 Å². The zero-order chi connectivity index (χ0) is 37.7. The fraction of sp³-hybridized carbons (Fsp3) is 0. The lowest BCUT2D eigenvalue weighted by Gasteiger charge is -2.28. The minimum absolute atomic E-state index is 0.601. The Balaban J connectivity index is 0.992. The number of oxazole rings is 1. The van der Waals surface area contributed by atoms with E-state index >= 15 is 0 Å². The average Bonchev–Trinajstić information content (AvgIpc) is 3.87. The maximum atomic E-state index is 6.33. The summed E-state index contributed by atoms with van der Waals surface area (Å²) in [5, 5.41) is 4.51. The fourth-order valence-corrected chi connectivity index (χ4v) is 8.02. The van der Waals surface area contributed by atoms with Crippen LogP contribution in [0.4, 0.5) is 17.1 Å². The summed E-state index contributed by atoms with van der Waals surface area (Å²) in [5.74, 6) is 0.601. The van der Waals surface area contributed by atoms with Gasteiger partial charge in [-0.05, 0) is 105 Å². The normalized spacial score (nSPS) is 11.5. The van der Waals surface area contributed by atoms with Gasteiger partial charge in [0, 0.05) is 39.3 Å². The Hall–Kier alpha value is -7.69. The van der Waals surface area contributed by atoms with Gasteiger partial charge in [-0.1, -0.05) is 133 Å². The van der Waals surface area contributed by atoms with Gasteiger partial charge >= 0.3 is 0 Å². The Labute approximate surface area is 329 Å². The van der Waals surface area contributed by atoms with E-state index in [0.717, 1.165) is 66.8 Å². The topological polar surface area (TPSA) is 42.4 Å². The van der Waals surface area contributed by atoms with Crippen molar-refractivity contribution in [3.8, 4) is 44.8 Å². The van der Waals surface area contributed by atoms with Crippen molar-refractivity contribution in [3.05, 3.63) is 206 Å². The molecule has 0 atom stereocenters. The molecule has 0 aliphatic carbocycles. The number of rotatable bonds is 7. The molecule has 4 nitrogen and oxygen atoms in total. The first-order valence-electron chi connectivity index (χ1n) is 19.2. The van der Waals surface area contributed by atoms with Gasteiger partial charge < -0.3 is 13.7 Å². The standard InChI is InChI=1S/C53H34N2O2/c1-3-11-35(12-4-1)37-21-26-43(27-22-37)55(49-18-10-9-17-45(49)42-20-19-36-13-7-8-16-40(36)31-42)44-28-23-38(24-29-44)41-25-30-50-46(32-41)47-33-48-52(34-51(47)56-50)57-53(54-48)39-14-5-2-6-15-39/h1-34H. The molecule has 0 radical (unpaired) electrons. The van der Waals surface area contributed by atoms with E-state index in [0.29, 0.717) is 11.5 Å². The molecule has 0 aliphatic rings. The molecule has 0 unspecified atom stereocenters. The van der Waals surface area contributed by atoms with Crippen LogP contribution in [0, 0.1) is 0 Å². The number of benzene rings is 9. The van der Waals surface area contributed by atoms with Crippen LogP contribution in [0.15, 0.2) is 215 Å². The molecule has 0 N–H and O–H groups in total. The largest absolute Gasteiger partial charge is 0.456 e. The molecule has 268 valence electrons. The van der Waals surface area contributed by atoms with Gasteiger partial charge in [-0.3, -0.25) is 0 Å². The van der Waals surface area contributed by atoms with E-state index in [4.69, 9.17) is 13.8 Å². The smallest absolute Gasteiger partial charge is 0.227 e. The highest BCUT2D eigenvalue weighted by molar-refractivity contribution is 6.10. The zero-order valence-electron chi connectivity index (χ0n) is 30.8. The lowest BCUT2D eigenvalue weighted by Crippen LogP contribution is -2.11. The van der Waals surface area contributed by atoms with Crippen molar-refractivity contribution >= 4 is 60.9 Å². The number of furan rings is 1. The highest BCUT2D eigenvalue weighted by atomic mass is 16.4. The average molecular weight is 731 g/mol. The van der Waals surface area contributed by atoms with Crippen LogP contribution < -0.4 is 4.90 Å². The highest BCUT2D eigenvalue weighted by Crippen LogP contribution is 2.43. The van der Waals surface area contributed by atoms with Gasteiger partial charge in [-0.25, -0.2) is 4.98 Å². The van der Waals surface area contributed by atoms with Crippen LogP contribution in [-0.4, -0.2) is 4.98 Å². The van der Waals surface area contributed by atoms with Crippen molar-refractivity contribution in [3.63, 3.8) is 0 Å². The molecule has 2 aromatic heterocycles. The molecule has 0 fully saturated rings. The van der Waals surface area contributed by atoms with Gasteiger partial charge in [-0.2, -0.15) is 0 Å². The number of fused-ring (bicyclic) bond motifs is 5. The second-order valence-electron chi connectivity index (χ2n) is 14.4. The summed E-state index contributed by atoms with van der Waals surface area (Å²) in [5.41, 5.74) is 14.3. The fourth-order valence-electron chi connectivity index (χ4n) is 8.02. The minimum atomic E-state index is 0.601. The predicted molar refractivity (Wildman–Crippen MR) is 235 cm³/mol. The van der Waals surface area contributed by atoms with Gasteiger partial charge in [0.15, 0.2) is 5.58 Å². The number of aromatic nitrogens is 1. The van der Waals surface area contributed by atoms with Crippen LogP contribution >= 0.6 is 0 Å². The molecule has 57 heavy (non-hydrogen) atoms. The van der Waals surface area contributed by atoms with Gasteiger partial charge in [0.05, 0.1) is 5.69 Å². The lowest BCUT2D eigenvalue weighted by molar-refractivity contribution is 0.617. The van der Waals surface area contributed by atoms with Gasteiger partial charge in [0.25, 0.3) is 0 Å². The summed E-state index contributed by atoms with van der Waals surface area (Å²) in [6.07, 6.45) is 0. The number of nitrogens with zero attached hydrogens (tertiary/aromatic N) is 2. The molecule has 0 aliphatic heterocycles. The molecule has 9 aromatic carbocycles. The second kappa shape index (κ2) is 13.6. The minimum Gasteiger partial charge on any atom is -0.456 e. The van der Waals surface area contributed by atoms with Crippen LogP contribution in [0.25, 0.3) is 88.6 Å². The van der Waals surface area contributed by atoms with Crippen molar-refractivity contribution < 1.29 is 8.83 Å². The van der Waals surface area contributed by atoms with Crippen molar-refractivity contribution in [2.24, 2.45) is 0 Å². The third-order valence-corrected chi connectivity index (χ3v) is 10.9. The summed E-state index contributed by atoms with van der Waals surface area (Å²) in [4.78, 5) is 7.19. The quantitative estimate of drug-likeness (QED) is 0.164. The zero-order valence-corrected chi connectivity index (χ0v) is 30.8. The first-order valence-corrected chi connectivity index (χ1v) is 19.2. The van der Waals surface area contributed by atoms with E-state index in [1.165, 1.54) is 27.5 Å². The Bertz CT molecular complexity index is 3220.